The summed E-state index contributed by atoms with van der Waals surface area (Å²) in [5.74, 6) is 0. The van der Waals surface area contributed by atoms with Crippen molar-refractivity contribution in [1.29, 1.82) is 0 Å². The number of hydrogen-bond acceptors (Lipinski definition) is 2. The second-order valence-corrected chi connectivity index (χ2v) is 3.15. The van der Waals surface area contributed by atoms with Gasteiger partial charge in [0.05, 0.1) is 11.9 Å². The van der Waals surface area contributed by atoms with Crippen molar-refractivity contribution < 1.29 is 0 Å². The first kappa shape index (κ1) is 6.79. The average Bonchev–Trinajstić information content (AvgIpc) is 2.27. The van der Waals surface area contributed by atoms with E-state index in [4.69, 9.17) is 0 Å². The maximum Gasteiger partial charge on any atom is 0.153 e. The van der Waals surface area contributed by atoms with E-state index in [1.807, 2.05) is 25.3 Å². The zero-order valence-corrected chi connectivity index (χ0v) is 7.54. The highest BCUT2D eigenvalue weighted by molar-refractivity contribution is 9.10. The Balaban J connectivity index is 2.82. The fourth-order valence-corrected chi connectivity index (χ4v) is 1.28. The second kappa shape index (κ2) is 2.30. The van der Waals surface area contributed by atoms with Crippen LogP contribution < -0.4 is 0 Å². The molecule has 0 aliphatic carbocycles. The van der Waals surface area contributed by atoms with E-state index in [2.05, 4.69) is 26.0 Å². The van der Waals surface area contributed by atoms with Crippen molar-refractivity contribution in [2.45, 2.75) is 6.92 Å². The first-order valence-electron chi connectivity index (χ1n) is 3.24. The summed E-state index contributed by atoms with van der Waals surface area (Å²) in [7, 11) is 0. The molecule has 2 rings (SSSR count). The van der Waals surface area contributed by atoms with Crippen LogP contribution in [0.3, 0.4) is 0 Å². The van der Waals surface area contributed by atoms with E-state index >= 15 is 0 Å². The molecule has 0 saturated carbocycles. The van der Waals surface area contributed by atoms with E-state index < -0.39 is 0 Å². The van der Waals surface area contributed by atoms with Crippen molar-refractivity contribution in [3.63, 3.8) is 0 Å². The van der Waals surface area contributed by atoms with Crippen LogP contribution >= 0.6 is 15.9 Å². The van der Waals surface area contributed by atoms with Crippen molar-refractivity contribution in [3.8, 4) is 0 Å². The lowest BCUT2D eigenvalue weighted by Gasteiger charge is -1.90. The van der Waals surface area contributed by atoms with Gasteiger partial charge in [0.15, 0.2) is 5.65 Å². The minimum atomic E-state index is 0.822. The minimum absolute atomic E-state index is 0.822. The summed E-state index contributed by atoms with van der Waals surface area (Å²) in [6.45, 7) is 1.95. The van der Waals surface area contributed by atoms with Crippen LogP contribution in [-0.2, 0) is 0 Å². The molecule has 0 amide bonds. The Bertz CT molecular complexity index is 393. The lowest BCUT2D eigenvalue weighted by molar-refractivity contribution is 0.915. The molecule has 2 heterocycles. The lowest BCUT2D eigenvalue weighted by Crippen LogP contribution is -1.88. The molecule has 0 fully saturated rings. The summed E-state index contributed by atoms with van der Waals surface area (Å²) in [5, 5.41) is 4.17. The summed E-state index contributed by atoms with van der Waals surface area (Å²) in [6, 6.07) is 3.80. The molecule has 3 nitrogen and oxygen atoms in total. The van der Waals surface area contributed by atoms with Crippen molar-refractivity contribution in [1.82, 2.24) is 14.6 Å². The number of rotatable bonds is 0. The molecule has 0 N–H and O–H groups in total. The van der Waals surface area contributed by atoms with Crippen molar-refractivity contribution >= 4 is 21.6 Å². The topological polar surface area (TPSA) is 30.2 Å². The number of aryl methyl sites for hydroxylation is 1. The van der Waals surface area contributed by atoms with Gasteiger partial charge in [-0.15, -0.1) is 0 Å². The number of imidazole rings is 1. The number of nitrogens with zero attached hydrogens (tertiary/aromatic N) is 3. The normalized spacial score (nSPS) is 10.7. The van der Waals surface area contributed by atoms with E-state index in [1.165, 1.54) is 0 Å². The second-order valence-electron chi connectivity index (χ2n) is 2.34. The Kier molecular flexibility index (Phi) is 1.42. The number of hydrogen-bond donors (Lipinski definition) is 0. The van der Waals surface area contributed by atoms with E-state index in [0.717, 1.165) is 15.9 Å². The van der Waals surface area contributed by atoms with Crippen LogP contribution in [0.2, 0.25) is 0 Å². The smallest absolute Gasteiger partial charge is 0.153 e. The van der Waals surface area contributed by atoms with E-state index in [1.54, 1.807) is 4.52 Å². The summed E-state index contributed by atoms with van der Waals surface area (Å²) >= 11 is 3.28. The van der Waals surface area contributed by atoms with E-state index in [-0.39, 0.29) is 0 Å². The first-order chi connectivity index (χ1) is 5.25. The zero-order valence-electron chi connectivity index (χ0n) is 5.95. The molecule has 0 spiro atoms. The van der Waals surface area contributed by atoms with Crippen LogP contribution in [0.25, 0.3) is 5.65 Å². The third kappa shape index (κ3) is 1.14. The summed E-state index contributed by atoms with van der Waals surface area (Å²) < 4.78 is 2.57. The molecule has 56 valence electrons. The Morgan fingerprint density at radius 1 is 1.45 bits per heavy atom. The monoisotopic (exact) mass is 211 g/mol. The van der Waals surface area contributed by atoms with Gasteiger partial charge in [-0.3, -0.25) is 0 Å². The number of fused-ring (bicyclic) bond motifs is 1. The van der Waals surface area contributed by atoms with Crippen molar-refractivity contribution in [2.75, 3.05) is 0 Å². The van der Waals surface area contributed by atoms with Crippen LogP contribution in [0.15, 0.2) is 22.9 Å². The Hall–Kier alpha value is -0.900. The zero-order chi connectivity index (χ0) is 7.84. The highest BCUT2D eigenvalue weighted by Crippen LogP contribution is 2.07. The van der Waals surface area contributed by atoms with Gasteiger partial charge in [-0.05, 0) is 35.0 Å². The van der Waals surface area contributed by atoms with Gasteiger partial charge in [-0.1, -0.05) is 0 Å². The van der Waals surface area contributed by atoms with Gasteiger partial charge in [0.2, 0.25) is 0 Å². The van der Waals surface area contributed by atoms with Crippen molar-refractivity contribution in [3.05, 3.63) is 28.6 Å². The van der Waals surface area contributed by atoms with Crippen molar-refractivity contribution in [2.24, 2.45) is 0 Å². The van der Waals surface area contributed by atoms with Crippen LogP contribution in [-0.4, -0.2) is 14.6 Å². The maximum atomic E-state index is 4.23. The molecule has 0 unspecified atom stereocenters. The molecule has 2 aromatic heterocycles. The number of aromatic nitrogens is 3. The third-order valence-electron chi connectivity index (χ3n) is 1.41. The Morgan fingerprint density at radius 3 is 3.09 bits per heavy atom. The van der Waals surface area contributed by atoms with Gasteiger partial charge in [0.1, 0.15) is 4.60 Å². The minimum Gasteiger partial charge on any atom is -0.232 e. The molecule has 4 heteroatoms. The largest absolute Gasteiger partial charge is 0.232 e. The van der Waals surface area contributed by atoms with Crippen LogP contribution in [0.4, 0.5) is 0 Å². The van der Waals surface area contributed by atoms with Gasteiger partial charge < -0.3 is 0 Å². The summed E-state index contributed by atoms with van der Waals surface area (Å²) in [6.07, 6.45) is 1.89. The summed E-state index contributed by atoms with van der Waals surface area (Å²) in [5.41, 5.74) is 1.86. The molecular weight excluding hydrogens is 206 g/mol. The van der Waals surface area contributed by atoms with Crippen LogP contribution in [0, 0.1) is 6.92 Å². The third-order valence-corrected chi connectivity index (χ3v) is 1.83. The van der Waals surface area contributed by atoms with Crippen LogP contribution in [0.1, 0.15) is 5.69 Å². The summed E-state index contributed by atoms with van der Waals surface area (Å²) in [4.78, 5) is 4.23. The fourth-order valence-electron chi connectivity index (χ4n) is 0.977. The Morgan fingerprint density at radius 2 is 2.27 bits per heavy atom. The molecule has 0 aromatic carbocycles. The predicted octanol–water partition coefficient (Wildman–Crippen LogP) is 1.80. The van der Waals surface area contributed by atoms with Gasteiger partial charge in [-0.2, -0.15) is 5.10 Å². The molecular formula is C7H6BrN3. The van der Waals surface area contributed by atoms with Gasteiger partial charge in [0.25, 0.3) is 0 Å². The molecule has 0 aliphatic rings. The molecule has 2 aromatic rings. The maximum absolute atomic E-state index is 4.23. The van der Waals surface area contributed by atoms with Gasteiger partial charge in [0, 0.05) is 0 Å². The molecule has 11 heavy (non-hydrogen) atoms. The number of halogens is 1. The predicted molar refractivity (Wildman–Crippen MR) is 45.4 cm³/mol. The molecule has 0 aliphatic heterocycles. The molecule has 0 saturated heterocycles. The standard InChI is InChI=1S/C7H6BrN3/c1-5-4-11-7(9-5)3-2-6(8)10-11/h2-4H,1H3. The lowest BCUT2D eigenvalue weighted by atomic mass is 10.6. The first-order valence-corrected chi connectivity index (χ1v) is 4.03. The van der Waals surface area contributed by atoms with E-state index in [0.29, 0.717) is 0 Å². The SMILES string of the molecule is Cc1cn2nc(Br)ccc2n1. The highest BCUT2D eigenvalue weighted by atomic mass is 79.9. The fraction of sp³-hybridized carbons (Fsp3) is 0.143. The molecule has 0 atom stereocenters. The quantitative estimate of drug-likeness (QED) is 0.666. The van der Waals surface area contributed by atoms with E-state index in [9.17, 15) is 0 Å². The molecule has 0 bridgehead atoms. The Labute approximate surface area is 72.2 Å². The molecule has 0 radical (unpaired) electrons. The van der Waals surface area contributed by atoms with Crippen LogP contribution in [0.5, 0.6) is 0 Å². The highest BCUT2D eigenvalue weighted by Gasteiger charge is 1.97. The van der Waals surface area contributed by atoms with Gasteiger partial charge in [-0.25, -0.2) is 9.50 Å². The average molecular weight is 212 g/mol. The van der Waals surface area contributed by atoms with Gasteiger partial charge >= 0.3 is 0 Å².